The smallest absolute Gasteiger partial charge is 0.408 e. The van der Waals surface area contributed by atoms with E-state index in [2.05, 4.69) is 23.7 Å². The first kappa shape index (κ1) is 13.5. The summed E-state index contributed by atoms with van der Waals surface area (Å²) in [5.41, 5.74) is -0.560. The average molecular weight is 211 g/mol. The van der Waals surface area contributed by atoms with Crippen molar-refractivity contribution in [3.8, 4) is 11.8 Å². The lowest BCUT2D eigenvalue weighted by Gasteiger charge is -2.20. The van der Waals surface area contributed by atoms with Gasteiger partial charge in [-0.2, -0.15) is 0 Å². The molecule has 0 heterocycles. The van der Waals surface area contributed by atoms with E-state index in [1.165, 1.54) is 6.08 Å². The Morgan fingerprint density at radius 1 is 1.67 bits per heavy atom. The number of ether oxygens (including phenoxy) is 1. The van der Waals surface area contributed by atoms with Gasteiger partial charge in [0.1, 0.15) is 11.6 Å². The highest BCUT2D eigenvalue weighted by molar-refractivity contribution is 5.68. The average Bonchev–Trinajstić information content (AvgIpc) is 2.09. The number of alkyl carbamates (subject to hydrolysis) is 1. The summed E-state index contributed by atoms with van der Waals surface area (Å²) in [6.07, 6.45) is 0.791. The van der Waals surface area contributed by atoms with Gasteiger partial charge < -0.3 is 15.2 Å². The van der Waals surface area contributed by atoms with Gasteiger partial charge in [-0.1, -0.05) is 18.4 Å². The molecule has 1 unspecified atom stereocenters. The summed E-state index contributed by atoms with van der Waals surface area (Å²) in [6.45, 7) is 8.42. The van der Waals surface area contributed by atoms with Crippen LogP contribution in [0.25, 0.3) is 0 Å². The fourth-order valence-electron chi connectivity index (χ4n) is 0.737. The van der Waals surface area contributed by atoms with Crippen LogP contribution in [-0.2, 0) is 4.74 Å². The van der Waals surface area contributed by atoms with Gasteiger partial charge in [0.05, 0.1) is 6.61 Å². The van der Waals surface area contributed by atoms with E-state index in [1.54, 1.807) is 20.8 Å². The quantitative estimate of drug-likeness (QED) is 0.671. The molecule has 15 heavy (non-hydrogen) atoms. The Bertz CT molecular complexity index is 280. The SMILES string of the molecule is C=CC#CC(CO)NC(=O)OC(C)(C)C. The van der Waals surface area contributed by atoms with Crippen LogP contribution >= 0.6 is 0 Å². The summed E-state index contributed by atoms with van der Waals surface area (Å²) in [4.78, 5) is 11.3. The van der Waals surface area contributed by atoms with Crippen LogP contribution in [0.15, 0.2) is 12.7 Å². The van der Waals surface area contributed by atoms with Crippen molar-refractivity contribution in [1.82, 2.24) is 5.32 Å². The van der Waals surface area contributed by atoms with Crippen LogP contribution in [-0.4, -0.2) is 29.4 Å². The van der Waals surface area contributed by atoms with Crippen molar-refractivity contribution >= 4 is 6.09 Å². The number of hydrogen-bond acceptors (Lipinski definition) is 3. The first-order valence-electron chi connectivity index (χ1n) is 4.61. The van der Waals surface area contributed by atoms with Crippen molar-refractivity contribution in [1.29, 1.82) is 0 Å². The van der Waals surface area contributed by atoms with E-state index in [1.807, 2.05) is 0 Å². The highest BCUT2D eigenvalue weighted by atomic mass is 16.6. The number of carbonyl (C=O) groups is 1. The van der Waals surface area contributed by atoms with Crippen molar-refractivity contribution in [2.75, 3.05) is 6.61 Å². The zero-order chi connectivity index (χ0) is 11.9. The largest absolute Gasteiger partial charge is 0.444 e. The summed E-state index contributed by atoms with van der Waals surface area (Å²) >= 11 is 0. The minimum atomic E-state index is -0.627. The van der Waals surface area contributed by atoms with Crippen LogP contribution in [0.4, 0.5) is 4.79 Å². The number of carbonyl (C=O) groups excluding carboxylic acids is 1. The molecule has 0 aliphatic carbocycles. The molecule has 0 aliphatic rings. The minimum absolute atomic E-state index is 0.264. The highest BCUT2D eigenvalue weighted by Crippen LogP contribution is 2.06. The van der Waals surface area contributed by atoms with Crippen molar-refractivity contribution in [3.05, 3.63) is 12.7 Å². The van der Waals surface area contributed by atoms with Gasteiger partial charge in [0.2, 0.25) is 0 Å². The van der Waals surface area contributed by atoms with Crippen LogP contribution in [0.3, 0.4) is 0 Å². The lowest BCUT2D eigenvalue weighted by Crippen LogP contribution is -2.40. The molecule has 0 fully saturated rings. The van der Waals surface area contributed by atoms with Gasteiger partial charge in [0.15, 0.2) is 0 Å². The number of hydrogen-bond donors (Lipinski definition) is 2. The zero-order valence-electron chi connectivity index (χ0n) is 9.33. The number of nitrogens with one attached hydrogen (secondary N) is 1. The van der Waals surface area contributed by atoms with Crippen LogP contribution in [0.2, 0.25) is 0 Å². The van der Waals surface area contributed by atoms with E-state index in [-0.39, 0.29) is 6.61 Å². The Morgan fingerprint density at radius 3 is 2.67 bits per heavy atom. The number of rotatable bonds is 2. The second-order valence-corrected chi connectivity index (χ2v) is 3.87. The molecule has 4 heteroatoms. The molecule has 0 aromatic rings. The molecule has 0 rings (SSSR count). The maximum atomic E-state index is 11.3. The van der Waals surface area contributed by atoms with Crippen molar-refractivity contribution in [3.63, 3.8) is 0 Å². The van der Waals surface area contributed by atoms with Crippen LogP contribution < -0.4 is 5.32 Å². The Balaban J connectivity index is 4.19. The van der Waals surface area contributed by atoms with Crippen LogP contribution in [0, 0.1) is 11.8 Å². The van der Waals surface area contributed by atoms with Gasteiger partial charge in [0, 0.05) is 0 Å². The fourth-order valence-corrected chi connectivity index (χ4v) is 0.737. The molecule has 1 amide bonds. The van der Waals surface area contributed by atoms with Crippen LogP contribution in [0.1, 0.15) is 20.8 Å². The molecule has 0 aromatic carbocycles. The predicted octanol–water partition coefficient (Wildman–Crippen LogP) is 1.06. The van der Waals surface area contributed by atoms with E-state index in [4.69, 9.17) is 9.84 Å². The second-order valence-electron chi connectivity index (χ2n) is 3.87. The first-order valence-corrected chi connectivity index (χ1v) is 4.61. The second kappa shape index (κ2) is 6.10. The predicted molar refractivity (Wildman–Crippen MR) is 58.2 cm³/mol. The van der Waals surface area contributed by atoms with E-state index in [0.717, 1.165) is 0 Å². The molecule has 2 N–H and O–H groups in total. The molecule has 1 atom stereocenters. The summed E-state index contributed by atoms with van der Waals surface area (Å²) in [5.74, 6) is 5.16. The third kappa shape index (κ3) is 7.59. The van der Waals surface area contributed by atoms with E-state index in [0.29, 0.717) is 0 Å². The van der Waals surface area contributed by atoms with Gasteiger partial charge in [-0.15, -0.1) is 0 Å². The number of amides is 1. The van der Waals surface area contributed by atoms with Gasteiger partial charge in [-0.3, -0.25) is 0 Å². The summed E-state index contributed by atoms with van der Waals surface area (Å²) in [6, 6.07) is -0.627. The molecular formula is C11H17NO3. The van der Waals surface area contributed by atoms with E-state index in [9.17, 15) is 4.79 Å². The normalized spacial score (nSPS) is 12.0. The Hall–Kier alpha value is -1.47. The van der Waals surface area contributed by atoms with Gasteiger partial charge >= 0.3 is 6.09 Å². The molecule has 0 aromatic heterocycles. The van der Waals surface area contributed by atoms with Crippen molar-refractivity contribution < 1.29 is 14.6 Å². The number of allylic oxidation sites excluding steroid dienone is 1. The van der Waals surface area contributed by atoms with Crippen molar-refractivity contribution in [2.24, 2.45) is 0 Å². The fraction of sp³-hybridized carbons (Fsp3) is 0.545. The standard InChI is InChI=1S/C11H17NO3/c1-5-6-7-9(8-13)12-10(14)15-11(2,3)4/h5,9,13H,1,8H2,2-4H3,(H,12,14). The minimum Gasteiger partial charge on any atom is -0.444 e. The van der Waals surface area contributed by atoms with Gasteiger partial charge in [0.25, 0.3) is 0 Å². The summed E-state index contributed by atoms with van der Waals surface area (Å²) < 4.78 is 5.00. The van der Waals surface area contributed by atoms with E-state index < -0.39 is 17.7 Å². The highest BCUT2D eigenvalue weighted by Gasteiger charge is 2.17. The van der Waals surface area contributed by atoms with E-state index >= 15 is 0 Å². The maximum absolute atomic E-state index is 11.3. The Kier molecular flexibility index (Phi) is 5.50. The molecule has 0 saturated carbocycles. The maximum Gasteiger partial charge on any atom is 0.408 e. The molecule has 0 spiro atoms. The molecule has 0 aliphatic heterocycles. The van der Waals surface area contributed by atoms with Gasteiger partial charge in [-0.25, -0.2) is 4.79 Å². The number of aliphatic hydroxyl groups excluding tert-OH is 1. The topological polar surface area (TPSA) is 58.6 Å². The number of aliphatic hydroxyl groups is 1. The third-order valence-corrected chi connectivity index (χ3v) is 1.23. The molecule has 0 radical (unpaired) electrons. The molecule has 0 saturated heterocycles. The van der Waals surface area contributed by atoms with Crippen LogP contribution in [0.5, 0.6) is 0 Å². The van der Waals surface area contributed by atoms with Crippen molar-refractivity contribution in [2.45, 2.75) is 32.4 Å². The summed E-state index contributed by atoms with van der Waals surface area (Å²) in [5, 5.41) is 11.3. The molecule has 4 nitrogen and oxygen atoms in total. The molecule has 84 valence electrons. The van der Waals surface area contributed by atoms with Gasteiger partial charge in [-0.05, 0) is 26.8 Å². The lowest BCUT2D eigenvalue weighted by molar-refractivity contribution is 0.0501. The summed E-state index contributed by atoms with van der Waals surface area (Å²) in [7, 11) is 0. The Morgan fingerprint density at radius 2 is 2.27 bits per heavy atom. The monoisotopic (exact) mass is 211 g/mol. The first-order chi connectivity index (χ1) is 6.89. The molecule has 0 bridgehead atoms. The third-order valence-electron chi connectivity index (χ3n) is 1.23. The molecular weight excluding hydrogens is 194 g/mol. The zero-order valence-corrected chi connectivity index (χ0v) is 9.33. The Labute approximate surface area is 90.3 Å². The lowest BCUT2D eigenvalue weighted by atomic mass is 10.2.